The highest BCUT2D eigenvalue weighted by atomic mass is 32.1. The minimum atomic E-state index is 0.0847. The number of hydrogen-bond acceptors (Lipinski definition) is 3. The van der Waals surface area contributed by atoms with E-state index in [0.717, 1.165) is 19.6 Å². The van der Waals surface area contributed by atoms with E-state index < -0.39 is 0 Å². The molecule has 2 aliphatic heterocycles. The summed E-state index contributed by atoms with van der Waals surface area (Å²) in [6.07, 6.45) is 2.42. The second-order valence-corrected chi connectivity index (χ2v) is 6.12. The molecule has 2 fully saturated rings. The van der Waals surface area contributed by atoms with Gasteiger partial charge in [-0.3, -0.25) is 0 Å². The van der Waals surface area contributed by atoms with Crippen LogP contribution < -0.4 is 10.6 Å². The first-order valence-corrected chi connectivity index (χ1v) is 7.45. The molecular formula is C13H19N3OS. The van der Waals surface area contributed by atoms with Gasteiger partial charge in [0, 0.05) is 24.0 Å². The van der Waals surface area contributed by atoms with E-state index in [-0.39, 0.29) is 12.1 Å². The normalized spacial score (nSPS) is 27.8. The summed E-state index contributed by atoms with van der Waals surface area (Å²) in [6, 6.07) is 2.87. The van der Waals surface area contributed by atoms with Crippen molar-refractivity contribution in [2.45, 2.75) is 31.8 Å². The van der Waals surface area contributed by atoms with Crippen molar-refractivity contribution >= 4 is 17.4 Å². The zero-order chi connectivity index (χ0) is 12.5. The molecule has 0 spiro atoms. The molecular weight excluding hydrogens is 246 g/mol. The van der Waals surface area contributed by atoms with E-state index in [1.54, 1.807) is 11.3 Å². The molecule has 2 aliphatic rings. The van der Waals surface area contributed by atoms with Gasteiger partial charge < -0.3 is 15.5 Å². The highest BCUT2D eigenvalue weighted by Gasteiger charge is 2.32. The van der Waals surface area contributed by atoms with Crippen LogP contribution in [-0.2, 0) is 0 Å². The van der Waals surface area contributed by atoms with Gasteiger partial charge in [-0.05, 0) is 43.3 Å². The average Bonchev–Trinajstić information content (AvgIpc) is 3.03. The summed E-state index contributed by atoms with van der Waals surface area (Å²) in [7, 11) is 0. The van der Waals surface area contributed by atoms with Crippen LogP contribution in [0.3, 0.4) is 0 Å². The Labute approximate surface area is 111 Å². The lowest BCUT2D eigenvalue weighted by atomic mass is 10.1. The van der Waals surface area contributed by atoms with Crippen LogP contribution >= 0.6 is 11.3 Å². The molecule has 2 N–H and O–H groups in total. The van der Waals surface area contributed by atoms with Crippen molar-refractivity contribution in [1.82, 2.24) is 15.5 Å². The molecule has 0 aromatic carbocycles. The quantitative estimate of drug-likeness (QED) is 0.876. The fourth-order valence-electron chi connectivity index (χ4n) is 2.82. The standard InChI is InChI=1S/C13H19N3OS/c1-9-4-6-18-12(9)11-8-16(13(17)15-11)7-10-3-2-5-14-10/h4,6,10-11,14H,2-3,5,7-8H2,1H3,(H,15,17). The van der Waals surface area contributed by atoms with Gasteiger partial charge in [0.1, 0.15) is 0 Å². The Balaban J connectivity index is 1.65. The summed E-state index contributed by atoms with van der Waals surface area (Å²) >= 11 is 1.74. The van der Waals surface area contributed by atoms with Gasteiger partial charge in [0.2, 0.25) is 0 Å². The lowest BCUT2D eigenvalue weighted by Gasteiger charge is -2.19. The van der Waals surface area contributed by atoms with E-state index in [4.69, 9.17) is 0 Å². The molecule has 1 aromatic heterocycles. The number of nitrogens with zero attached hydrogens (tertiary/aromatic N) is 1. The number of amides is 2. The highest BCUT2D eigenvalue weighted by molar-refractivity contribution is 7.10. The molecule has 2 unspecified atom stereocenters. The first kappa shape index (κ1) is 12.0. The lowest BCUT2D eigenvalue weighted by molar-refractivity contribution is 0.213. The topological polar surface area (TPSA) is 44.4 Å². The largest absolute Gasteiger partial charge is 0.329 e. The summed E-state index contributed by atoms with van der Waals surface area (Å²) in [6.45, 7) is 4.85. The molecule has 4 nitrogen and oxygen atoms in total. The number of hydrogen-bond donors (Lipinski definition) is 2. The van der Waals surface area contributed by atoms with Crippen LogP contribution in [0.2, 0.25) is 0 Å². The summed E-state index contributed by atoms with van der Waals surface area (Å²) < 4.78 is 0. The third kappa shape index (κ3) is 2.24. The van der Waals surface area contributed by atoms with Crippen LogP contribution in [0.4, 0.5) is 4.79 Å². The zero-order valence-corrected chi connectivity index (χ0v) is 11.4. The van der Waals surface area contributed by atoms with E-state index >= 15 is 0 Å². The summed E-state index contributed by atoms with van der Waals surface area (Å²) in [5.74, 6) is 0. The second-order valence-electron chi connectivity index (χ2n) is 5.17. The van der Waals surface area contributed by atoms with Crippen molar-refractivity contribution < 1.29 is 4.79 Å². The van der Waals surface area contributed by atoms with Crippen molar-refractivity contribution in [1.29, 1.82) is 0 Å². The Morgan fingerprint density at radius 1 is 1.56 bits per heavy atom. The van der Waals surface area contributed by atoms with E-state index in [1.807, 2.05) is 4.90 Å². The highest BCUT2D eigenvalue weighted by Crippen LogP contribution is 2.28. The van der Waals surface area contributed by atoms with Gasteiger partial charge in [0.05, 0.1) is 6.04 Å². The molecule has 18 heavy (non-hydrogen) atoms. The Hall–Kier alpha value is -1.07. The van der Waals surface area contributed by atoms with Gasteiger partial charge >= 0.3 is 6.03 Å². The van der Waals surface area contributed by atoms with Crippen LogP contribution in [0.25, 0.3) is 0 Å². The molecule has 0 bridgehead atoms. The van der Waals surface area contributed by atoms with Crippen LogP contribution in [0.1, 0.15) is 29.3 Å². The van der Waals surface area contributed by atoms with Crippen molar-refractivity contribution in [3.8, 4) is 0 Å². The van der Waals surface area contributed by atoms with Crippen molar-refractivity contribution in [3.63, 3.8) is 0 Å². The smallest absolute Gasteiger partial charge is 0.318 e. The number of thiophene rings is 1. The zero-order valence-electron chi connectivity index (χ0n) is 10.6. The Morgan fingerprint density at radius 3 is 3.11 bits per heavy atom. The second kappa shape index (κ2) is 4.90. The first-order chi connectivity index (χ1) is 8.74. The number of carbonyl (C=O) groups excluding carboxylic acids is 1. The van der Waals surface area contributed by atoms with Crippen LogP contribution in [0.5, 0.6) is 0 Å². The van der Waals surface area contributed by atoms with Gasteiger partial charge in [0.15, 0.2) is 0 Å². The molecule has 2 atom stereocenters. The third-order valence-electron chi connectivity index (χ3n) is 3.81. The molecule has 0 saturated carbocycles. The molecule has 2 saturated heterocycles. The molecule has 2 amide bonds. The maximum atomic E-state index is 12.0. The van der Waals surface area contributed by atoms with E-state index in [2.05, 4.69) is 29.0 Å². The van der Waals surface area contributed by atoms with E-state index in [1.165, 1.54) is 23.3 Å². The average molecular weight is 265 g/mol. The molecule has 98 valence electrons. The third-order valence-corrected chi connectivity index (χ3v) is 4.94. The number of nitrogens with one attached hydrogen (secondary N) is 2. The molecule has 3 heterocycles. The number of aryl methyl sites for hydroxylation is 1. The number of rotatable bonds is 3. The van der Waals surface area contributed by atoms with Gasteiger partial charge in [-0.25, -0.2) is 4.79 Å². The van der Waals surface area contributed by atoms with Crippen LogP contribution in [0.15, 0.2) is 11.4 Å². The summed E-state index contributed by atoms with van der Waals surface area (Å²) in [5, 5.41) is 8.63. The minimum Gasteiger partial charge on any atom is -0.329 e. The SMILES string of the molecule is Cc1ccsc1C1CN(CC2CCCN2)C(=O)N1. The molecule has 0 aliphatic carbocycles. The molecule has 3 rings (SSSR count). The molecule has 1 aromatic rings. The Kier molecular flexibility index (Phi) is 3.26. The van der Waals surface area contributed by atoms with Crippen molar-refractivity contribution in [3.05, 3.63) is 21.9 Å². The van der Waals surface area contributed by atoms with E-state index in [9.17, 15) is 4.79 Å². The fourth-order valence-corrected chi connectivity index (χ4v) is 3.79. The Morgan fingerprint density at radius 2 is 2.44 bits per heavy atom. The maximum Gasteiger partial charge on any atom is 0.318 e. The minimum absolute atomic E-state index is 0.0847. The van der Waals surface area contributed by atoms with Gasteiger partial charge in [-0.15, -0.1) is 11.3 Å². The van der Waals surface area contributed by atoms with Crippen molar-refractivity contribution in [2.24, 2.45) is 0 Å². The predicted octanol–water partition coefficient (Wildman–Crippen LogP) is 1.87. The monoisotopic (exact) mass is 265 g/mol. The van der Waals surface area contributed by atoms with E-state index in [0.29, 0.717) is 6.04 Å². The lowest BCUT2D eigenvalue weighted by Crippen LogP contribution is -2.39. The van der Waals surface area contributed by atoms with Crippen LogP contribution in [0, 0.1) is 6.92 Å². The summed E-state index contributed by atoms with van der Waals surface area (Å²) in [5.41, 5.74) is 1.28. The van der Waals surface area contributed by atoms with Gasteiger partial charge in [0.25, 0.3) is 0 Å². The van der Waals surface area contributed by atoms with Crippen LogP contribution in [-0.4, -0.2) is 36.6 Å². The fraction of sp³-hybridized carbons (Fsp3) is 0.615. The molecule has 0 radical (unpaired) electrons. The number of carbonyl (C=O) groups is 1. The van der Waals surface area contributed by atoms with Crippen molar-refractivity contribution in [2.75, 3.05) is 19.6 Å². The first-order valence-electron chi connectivity index (χ1n) is 6.57. The predicted molar refractivity (Wildman–Crippen MR) is 72.9 cm³/mol. The van der Waals surface area contributed by atoms with Gasteiger partial charge in [-0.2, -0.15) is 0 Å². The molecule has 5 heteroatoms. The number of urea groups is 1. The summed E-state index contributed by atoms with van der Waals surface area (Å²) in [4.78, 5) is 15.2. The maximum absolute atomic E-state index is 12.0. The van der Waals surface area contributed by atoms with Gasteiger partial charge in [-0.1, -0.05) is 0 Å². The Bertz CT molecular complexity index is 439.